The van der Waals surface area contributed by atoms with E-state index in [4.69, 9.17) is 28.0 Å². The van der Waals surface area contributed by atoms with Gasteiger partial charge in [-0.1, -0.05) is 34.4 Å². The summed E-state index contributed by atoms with van der Waals surface area (Å²) >= 11 is 12.2. The van der Waals surface area contributed by atoms with E-state index in [1.807, 2.05) is 6.92 Å². The van der Waals surface area contributed by atoms with E-state index in [0.717, 1.165) is 11.1 Å². The molecule has 2 aromatic carbocycles. The van der Waals surface area contributed by atoms with Gasteiger partial charge in [0.15, 0.2) is 5.60 Å². The third-order valence-electron chi connectivity index (χ3n) is 5.04. The molecule has 0 saturated carbocycles. The van der Waals surface area contributed by atoms with Crippen molar-refractivity contribution in [2.45, 2.75) is 32.0 Å². The van der Waals surface area contributed by atoms with Crippen LogP contribution in [-0.2, 0) is 15.2 Å². The summed E-state index contributed by atoms with van der Waals surface area (Å²) in [6, 6.07) is 10.1. The molecule has 1 heterocycles. The molecule has 0 saturated heterocycles. The minimum absolute atomic E-state index is 0.284. The van der Waals surface area contributed by atoms with Crippen LogP contribution in [0, 0.1) is 6.92 Å². The van der Waals surface area contributed by atoms with Crippen molar-refractivity contribution in [3.63, 3.8) is 0 Å². The molecule has 3 rings (SSSR count). The fraction of sp³-hybridized carbons (Fsp3) is 0.318. The monoisotopic (exact) mass is 501 g/mol. The Kier molecular flexibility index (Phi) is 7.23. The van der Waals surface area contributed by atoms with E-state index in [0.29, 0.717) is 27.7 Å². The average molecular weight is 502 g/mol. The SMILES string of the molecule is Cc1cc(C2=NO[C@@](C)(c3cc(Cl)cc(Cl)c3)C2)ccc1C(=O)NCC(=O)NCC(F)(F)F. The minimum atomic E-state index is -4.52. The number of carbonyl (C=O) groups is 2. The summed E-state index contributed by atoms with van der Waals surface area (Å²) in [5.74, 6) is -1.52. The smallest absolute Gasteiger partial charge is 0.384 e. The van der Waals surface area contributed by atoms with Crippen molar-refractivity contribution in [3.8, 4) is 0 Å². The number of benzene rings is 2. The Balaban J connectivity index is 1.65. The van der Waals surface area contributed by atoms with E-state index in [1.54, 1.807) is 48.6 Å². The van der Waals surface area contributed by atoms with Crippen LogP contribution >= 0.6 is 23.2 Å². The molecule has 0 bridgehead atoms. The topological polar surface area (TPSA) is 79.8 Å². The molecule has 0 aromatic heterocycles. The number of aryl methyl sites for hydroxylation is 1. The first-order valence-electron chi connectivity index (χ1n) is 9.80. The molecule has 0 spiro atoms. The highest BCUT2D eigenvalue weighted by atomic mass is 35.5. The zero-order valence-electron chi connectivity index (χ0n) is 17.6. The Morgan fingerprint density at radius 1 is 1.12 bits per heavy atom. The maximum absolute atomic E-state index is 12.4. The molecule has 0 fully saturated rings. The van der Waals surface area contributed by atoms with Crippen molar-refractivity contribution in [1.29, 1.82) is 0 Å². The molecule has 1 aliphatic heterocycles. The summed E-state index contributed by atoms with van der Waals surface area (Å²) in [6.07, 6.45) is -4.08. The number of oxime groups is 1. The fourth-order valence-electron chi connectivity index (χ4n) is 3.32. The van der Waals surface area contributed by atoms with E-state index < -0.39 is 36.7 Å². The normalized spacial score (nSPS) is 17.8. The molecule has 6 nitrogen and oxygen atoms in total. The van der Waals surface area contributed by atoms with E-state index in [9.17, 15) is 22.8 Å². The Labute approximate surface area is 198 Å². The lowest BCUT2D eigenvalue weighted by molar-refractivity contribution is -0.137. The zero-order chi connectivity index (χ0) is 24.4. The summed E-state index contributed by atoms with van der Waals surface area (Å²) < 4.78 is 36.4. The van der Waals surface area contributed by atoms with Gasteiger partial charge in [0.1, 0.15) is 6.54 Å². The number of halogens is 5. The van der Waals surface area contributed by atoms with Gasteiger partial charge in [0.05, 0.1) is 12.3 Å². The van der Waals surface area contributed by atoms with Crippen LogP contribution in [0.5, 0.6) is 0 Å². The van der Waals surface area contributed by atoms with E-state index in [2.05, 4.69) is 10.5 Å². The van der Waals surface area contributed by atoms with Crippen molar-refractivity contribution < 1.29 is 27.6 Å². The zero-order valence-corrected chi connectivity index (χ0v) is 19.2. The van der Waals surface area contributed by atoms with Gasteiger partial charge in [-0.25, -0.2) is 0 Å². The molecule has 2 amide bonds. The Hall–Kier alpha value is -2.78. The summed E-state index contributed by atoms with van der Waals surface area (Å²) in [5.41, 5.74) is 2.29. The highest BCUT2D eigenvalue weighted by Crippen LogP contribution is 2.38. The average Bonchev–Trinajstić information content (AvgIpc) is 3.13. The van der Waals surface area contributed by atoms with Gasteiger partial charge in [0.25, 0.3) is 5.91 Å². The first-order chi connectivity index (χ1) is 15.4. The standard InChI is InChI=1S/C22H20Cl2F3N3O3/c1-12-5-13(3-4-17(12)20(32)28-10-19(31)29-11-22(25,26)27)18-9-21(2,33-30-18)14-6-15(23)8-16(24)7-14/h3-8H,9-11H2,1-2H3,(H,28,32)(H,29,31)/t21-/m1/s1. The van der Waals surface area contributed by atoms with E-state index in [-0.39, 0.29) is 5.56 Å². The number of amides is 2. The van der Waals surface area contributed by atoms with Crippen LogP contribution in [0.15, 0.2) is 41.6 Å². The number of nitrogens with zero attached hydrogens (tertiary/aromatic N) is 1. The Bertz CT molecular complexity index is 1100. The van der Waals surface area contributed by atoms with Gasteiger partial charge in [0, 0.05) is 27.6 Å². The van der Waals surface area contributed by atoms with Gasteiger partial charge < -0.3 is 15.5 Å². The van der Waals surface area contributed by atoms with Crippen LogP contribution in [-0.4, -0.2) is 36.8 Å². The maximum Gasteiger partial charge on any atom is 0.405 e. The Morgan fingerprint density at radius 2 is 1.79 bits per heavy atom. The molecule has 2 aromatic rings. The van der Waals surface area contributed by atoms with Crippen LogP contribution in [0.25, 0.3) is 0 Å². The van der Waals surface area contributed by atoms with Crippen molar-refractivity contribution in [2.24, 2.45) is 5.16 Å². The van der Waals surface area contributed by atoms with E-state index >= 15 is 0 Å². The number of alkyl halides is 3. The molecule has 0 radical (unpaired) electrons. The summed E-state index contributed by atoms with van der Waals surface area (Å²) in [5, 5.41) is 9.16. The van der Waals surface area contributed by atoms with Crippen molar-refractivity contribution >= 4 is 40.7 Å². The van der Waals surface area contributed by atoms with Crippen LogP contribution in [0.4, 0.5) is 13.2 Å². The second-order valence-corrected chi connectivity index (χ2v) is 8.67. The number of nitrogens with one attached hydrogen (secondary N) is 2. The lowest BCUT2D eigenvalue weighted by atomic mass is 9.88. The second kappa shape index (κ2) is 9.61. The highest BCUT2D eigenvalue weighted by molar-refractivity contribution is 6.34. The molecule has 176 valence electrons. The third kappa shape index (κ3) is 6.39. The van der Waals surface area contributed by atoms with Crippen LogP contribution < -0.4 is 10.6 Å². The molecular weight excluding hydrogens is 482 g/mol. The third-order valence-corrected chi connectivity index (χ3v) is 5.47. The summed E-state index contributed by atoms with van der Waals surface area (Å²) in [6.45, 7) is 1.54. The summed E-state index contributed by atoms with van der Waals surface area (Å²) in [4.78, 5) is 29.5. The molecule has 1 atom stereocenters. The number of hydrogen-bond donors (Lipinski definition) is 2. The van der Waals surface area contributed by atoms with Crippen LogP contribution in [0.2, 0.25) is 10.0 Å². The van der Waals surface area contributed by atoms with Crippen LogP contribution in [0.1, 0.15) is 40.4 Å². The highest BCUT2D eigenvalue weighted by Gasteiger charge is 2.37. The predicted octanol–water partition coefficient (Wildman–Crippen LogP) is 4.75. The van der Waals surface area contributed by atoms with Crippen molar-refractivity contribution in [2.75, 3.05) is 13.1 Å². The van der Waals surface area contributed by atoms with Crippen LogP contribution in [0.3, 0.4) is 0 Å². The van der Waals surface area contributed by atoms with Gasteiger partial charge >= 0.3 is 6.18 Å². The first-order valence-corrected chi connectivity index (χ1v) is 10.6. The minimum Gasteiger partial charge on any atom is -0.384 e. The molecule has 0 unspecified atom stereocenters. The van der Waals surface area contributed by atoms with Gasteiger partial charge in [-0.2, -0.15) is 13.2 Å². The van der Waals surface area contributed by atoms with E-state index in [1.165, 1.54) is 0 Å². The number of carbonyl (C=O) groups excluding carboxylic acids is 2. The van der Waals surface area contributed by atoms with Gasteiger partial charge in [-0.05, 0) is 55.3 Å². The van der Waals surface area contributed by atoms with Crippen molar-refractivity contribution in [3.05, 3.63) is 68.7 Å². The lowest BCUT2D eigenvalue weighted by Crippen LogP contribution is -2.41. The molecular formula is C22H20Cl2F3N3O3. The summed E-state index contributed by atoms with van der Waals surface area (Å²) in [7, 11) is 0. The second-order valence-electron chi connectivity index (χ2n) is 7.80. The fourth-order valence-corrected chi connectivity index (χ4v) is 3.85. The molecule has 33 heavy (non-hydrogen) atoms. The largest absolute Gasteiger partial charge is 0.405 e. The first kappa shape index (κ1) is 24.9. The predicted molar refractivity (Wildman–Crippen MR) is 119 cm³/mol. The Morgan fingerprint density at radius 3 is 2.39 bits per heavy atom. The number of rotatable bonds is 6. The van der Waals surface area contributed by atoms with Gasteiger partial charge in [-0.15, -0.1) is 0 Å². The lowest BCUT2D eigenvalue weighted by Gasteiger charge is -2.22. The van der Waals surface area contributed by atoms with Gasteiger partial charge in [-0.3, -0.25) is 9.59 Å². The quantitative estimate of drug-likeness (QED) is 0.599. The molecule has 0 aliphatic carbocycles. The van der Waals surface area contributed by atoms with Crippen molar-refractivity contribution in [1.82, 2.24) is 10.6 Å². The molecule has 1 aliphatic rings. The maximum atomic E-state index is 12.4. The van der Waals surface area contributed by atoms with Gasteiger partial charge in [0.2, 0.25) is 5.91 Å². The molecule has 11 heteroatoms. The molecule has 2 N–H and O–H groups in total. The number of hydrogen-bond acceptors (Lipinski definition) is 4.